The summed E-state index contributed by atoms with van der Waals surface area (Å²) in [5.74, 6) is 0.880. The number of nitrogens with zero attached hydrogens (tertiary/aromatic N) is 3. The summed E-state index contributed by atoms with van der Waals surface area (Å²) in [5.41, 5.74) is 0.334. The van der Waals surface area contributed by atoms with Crippen molar-refractivity contribution < 1.29 is 4.74 Å². The quantitative estimate of drug-likeness (QED) is 0.773. The molecule has 0 N–H and O–H groups in total. The predicted molar refractivity (Wildman–Crippen MR) is 98.0 cm³/mol. The van der Waals surface area contributed by atoms with Gasteiger partial charge in [0.2, 0.25) is 0 Å². The molecular formula is C19H39N3O. The van der Waals surface area contributed by atoms with Crippen LogP contribution in [0.1, 0.15) is 48.0 Å². The van der Waals surface area contributed by atoms with E-state index in [0.29, 0.717) is 5.54 Å². The van der Waals surface area contributed by atoms with Crippen LogP contribution in [0, 0.1) is 5.92 Å². The Morgan fingerprint density at radius 2 is 1.48 bits per heavy atom. The first-order valence-electron chi connectivity index (χ1n) is 9.47. The number of rotatable bonds is 5. The first-order valence-corrected chi connectivity index (χ1v) is 9.47. The van der Waals surface area contributed by atoms with Crippen LogP contribution in [0.5, 0.6) is 0 Å². The Kier molecular flexibility index (Phi) is 6.51. The smallest absolute Gasteiger partial charge is 0.0600 e. The standard InChI is InChI=1S/C19H39N3O/c1-18(2,3)22-15-17(16-22)14-21-9-7-8-20(10-11-21)12-13-23-19(4,5)6/h17H,7-16H2,1-6H3. The Labute approximate surface area is 144 Å². The summed E-state index contributed by atoms with van der Waals surface area (Å²) < 4.78 is 5.87. The molecule has 2 aliphatic rings. The average molecular weight is 326 g/mol. The average Bonchev–Trinajstić information content (AvgIpc) is 2.56. The summed E-state index contributed by atoms with van der Waals surface area (Å²) in [7, 11) is 0. The largest absolute Gasteiger partial charge is 0.375 e. The van der Waals surface area contributed by atoms with Gasteiger partial charge in [-0.25, -0.2) is 0 Å². The zero-order valence-electron chi connectivity index (χ0n) is 16.4. The van der Waals surface area contributed by atoms with Gasteiger partial charge in [0.05, 0.1) is 12.2 Å². The fraction of sp³-hybridized carbons (Fsp3) is 1.00. The minimum Gasteiger partial charge on any atom is -0.375 e. The van der Waals surface area contributed by atoms with Gasteiger partial charge in [-0.2, -0.15) is 0 Å². The number of ether oxygens (including phenoxy) is 1. The maximum atomic E-state index is 5.87. The summed E-state index contributed by atoms with van der Waals surface area (Å²) in [6.45, 7) is 24.1. The maximum Gasteiger partial charge on any atom is 0.0600 e. The van der Waals surface area contributed by atoms with Crippen LogP contribution >= 0.6 is 0 Å². The first kappa shape index (κ1) is 19.2. The second-order valence-electron chi connectivity index (χ2n) is 9.40. The van der Waals surface area contributed by atoms with Gasteiger partial charge in [0.1, 0.15) is 0 Å². The molecule has 2 saturated heterocycles. The zero-order chi connectivity index (χ0) is 17.1. The molecule has 0 atom stereocenters. The molecule has 23 heavy (non-hydrogen) atoms. The highest BCUT2D eigenvalue weighted by molar-refractivity contribution is 4.90. The van der Waals surface area contributed by atoms with Crippen molar-refractivity contribution in [3.63, 3.8) is 0 Å². The molecule has 0 aromatic rings. The van der Waals surface area contributed by atoms with E-state index >= 15 is 0 Å². The third-order valence-corrected chi connectivity index (χ3v) is 5.05. The van der Waals surface area contributed by atoms with Gasteiger partial charge < -0.3 is 9.64 Å². The number of hydrogen-bond donors (Lipinski definition) is 0. The van der Waals surface area contributed by atoms with E-state index in [-0.39, 0.29) is 5.60 Å². The molecule has 0 aromatic heterocycles. The lowest BCUT2D eigenvalue weighted by atomic mass is 9.92. The monoisotopic (exact) mass is 325 g/mol. The van der Waals surface area contributed by atoms with Crippen molar-refractivity contribution in [2.75, 3.05) is 59.0 Å². The van der Waals surface area contributed by atoms with Crippen LogP contribution < -0.4 is 0 Å². The van der Waals surface area contributed by atoms with Crippen LogP contribution in [-0.2, 0) is 4.74 Å². The van der Waals surface area contributed by atoms with E-state index in [0.717, 1.165) is 19.1 Å². The van der Waals surface area contributed by atoms with Crippen molar-refractivity contribution in [2.45, 2.75) is 59.1 Å². The van der Waals surface area contributed by atoms with Gasteiger partial charge in [-0.15, -0.1) is 0 Å². The highest BCUT2D eigenvalue weighted by atomic mass is 16.5. The van der Waals surface area contributed by atoms with Crippen LogP contribution in [0.4, 0.5) is 0 Å². The highest BCUT2D eigenvalue weighted by Crippen LogP contribution is 2.26. The van der Waals surface area contributed by atoms with Gasteiger partial charge in [0.15, 0.2) is 0 Å². The topological polar surface area (TPSA) is 19.0 Å². The molecule has 4 nitrogen and oxygen atoms in total. The third kappa shape index (κ3) is 6.69. The van der Waals surface area contributed by atoms with Crippen LogP contribution in [-0.4, -0.2) is 84.8 Å². The van der Waals surface area contributed by atoms with Crippen molar-refractivity contribution in [2.24, 2.45) is 5.92 Å². The van der Waals surface area contributed by atoms with Crippen LogP contribution in [0.3, 0.4) is 0 Å². The molecule has 2 aliphatic heterocycles. The molecule has 2 rings (SSSR count). The lowest BCUT2D eigenvalue weighted by Gasteiger charge is -2.49. The van der Waals surface area contributed by atoms with Gasteiger partial charge in [-0.05, 0) is 67.0 Å². The van der Waals surface area contributed by atoms with Crippen molar-refractivity contribution in [3.05, 3.63) is 0 Å². The van der Waals surface area contributed by atoms with Gasteiger partial charge in [0, 0.05) is 44.8 Å². The molecule has 136 valence electrons. The molecule has 0 saturated carbocycles. The maximum absolute atomic E-state index is 5.87. The normalized spacial score (nSPS) is 23.7. The van der Waals surface area contributed by atoms with Gasteiger partial charge in [-0.1, -0.05) is 0 Å². The van der Waals surface area contributed by atoms with E-state index in [4.69, 9.17) is 4.74 Å². The lowest BCUT2D eigenvalue weighted by Crippen LogP contribution is -2.58. The van der Waals surface area contributed by atoms with E-state index in [1.54, 1.807) is 0 Å². The zero-order valence-corrected chi connectivity index (χ0v) is 16.4. The van der Waals surface area contributed by atoms with Crippen LogP contribution in [0.2, 0.25) is 0 Å². The summed E-state index contributed by atoms with van der Waals surface area (Å²) in [6, 6.07) is 0. The van der Waals surface area contributed by atoms with Crippen molar-refractivity contribution >= 4 is 0 Å². The summed E-state index contributed by atoms with van der Waals surface area (Å²) in [4.78, 5) is 7.87. The second kappa shape index (κ2) is 7.81. The van der Waals surface area contributed by atoms with E-state index in [1.165, 1.54) is 52.2 Å². The molecular weight excluding hydrogens is 286 g/mol. The molecule has 0 bridgehead atoms. The van der Waals surface area contributed by atoms with E-state index in [9.17, 15) is 0 Å². The van der Waals surface area contributed by atoms with Gasteiger partial charge in [0.25, 0.3) is 0 Å². The van der Waals surface area contributed by atoms with Crippen molar-refractivity contribution in [1.29, 1.82) is 0 Å². The lowest BCUT2D eigenvalue weighted by molar-refractivity contribution is -0.0133. The fourth-order valence-electron chi connectivity index (χ4n) is 3.51. The van der Waals surface area contributed by atoms with Crippen molar-refractivity contribution in [3.8, 4) is 0 Å². The van der Waals surface area contributed by atoms with E-state index in [1.807, 2.05) is 0 Å². The minimum atomic E-state index is -0.0129. The summed E-state index contributed by atoms with van der Waals surface area (Å²) in [6.07, 6.45) is 1.30. The molecule has 2 fully saturated rings. The third-order valence-electron chi connectivity index (χ3n) is 5.05. The van der Waals surface area contributed by atoms with E-state index < -0.39 is 0 Å². The fourth-order valence-corrected chi connectivity index (χ4v) is 3.51. The Balaban J connectivity index is 1.63. The summed E-state index contributed by atoms with van der Waals surface area (Å²) in [5, 5.41) is 0. The number of hydrogen-bond acceptors (Lipinski definition) is 4. The van der Waals surface area contributed by atoms with Crippen molar-refractivity contribution in [1.82, 2.24) is 14.7 Å². The Bertz CT molecular complexity index is 353. The molecule has 0 spiro atoms. The molecule has 2 heterocycles. The summed E-state index contributed by atoms with van der Waals surface area (Å²) >= 11 is 0. The second-order valence-corrected chi connectivity index (χ2v) is 9.40. The molecule has 0 unspecified atom stereocenters. The molecule has 4 heteroatoms. The Morgan fingerprint density at radius 1 is 0.870 bits per heavy atom. The Hall–Kier alpha value is -0.160. The van der Waals surface area contributed by atoms with E-state index in [2.05, 4.69) is 56.2 Å². The van der Waals surface area contributed by atoms with Gasteiger partial charge in [-0.3, -0.25) is 9.80 Å². The SMILES string of the molecule is CC(C)(C)OCCN1CCCN(CC2CN(C(C)(C)C)C2)CC1. The van der Waals surface area contributed by atoms with Crippen LogP contribution in [0.25, 0.3) is 0 Å². The molecule has 0 amide bonds. The number of likely N-dealkylation sites (tertiary alicyclic amines) is 1. The van der Waals surface area contributed by atoms with Crippen LogP contribution in [0.15, 0.2) is 0 Å². The molecule has 0 aromatic carbocycles. The predicted octanol–water partition coefficient (Wildman–Crippen LogP) is 2.54. The molecule has 0 radical (unpaired) electrons. The Morgan fingerprint density at radius 3 is 2.09 bits per heavy atom. The van der Waals surface area contributed by atoms with Gasteiger partial charge >= 0.3 is 0 Å². The molecule has 0 aliphatic carbocycles. The first-order chi connectivity index (χ1) is 10.6. The highest BCUT2D eigenvalue weighted by Gasteiger charge is 2.35. The minimum absolute atomic E-state index is 0.0129.